The number of nitrogens with two attached hydrogens (primary N) is 1. The van der Waals surface area contributed by atoms with Crippen LogP contribution in [-0.2, 0) is 17.6 Å². The molecule has 1 aromatic heterocycles. The Labute approximate surface area is 109 Å². The third kappa shape index (κ3) is 2.83. The number of anilines is 1. The minimum Gasteiger partial charge on any atom is -0.396 e. The van der Waals surface area contributed by atoms with Crippen LogP contribution < -0.4 is 11.1 Å². The number of amides is 1. The lowest BCUT2D eigenvalue weighted by Crippen LogP contribution is -2.32. The predicted octanol–water partition coefficient (Wildman–Crippen LogP) is 1.68. The van der Waals surface area contributed by atoms with Crippen LogP contribution in [0.25, 0.3) is 0 Å². The average Bonchev–Trinajstić information content (AvgIpc) is 2.71. The minimum absolute atomic E-state index is 0.00305. The highest BCUT2D eigenvalue weighted by molar-refractivity contribution is 5.80. The quantitative estimate of drug-likeness (QED) is 0.809. The number of nitrogens with one attached hydrogen (secondary N) is 1. The van der Waals surface area contributed by atoms with Crippen molar-refractivity contribution in [3.8, 4) is 0 Å². The first-order valence-electron chi connectivity index (χ1n) is 6.70. The summed E-state index contributed by atoms with van der Waals surface area (Å²) in [6.07, 6.45) is 2.50. The first-order valence-corrected chi connectivity index (χ1v) is 6.70. The van der Waals surface area contributed by atoms with Crippen LogP contribution in [-0.4, -0.2) is 22.2 Å². The largest absolute Gasteiger partial charge is 0.396 e. The second-order valence-corrected chi connectivity index (χ2v) is 4.43. The summed E-state index contributed by atoms with van der Waals surface area (Å²) in [6, 6.07) is -0.311. The minimum atomic E-state index is -0.311. The Balaban J connectivity index is 2.97. The van der Waals surface area contributed by atoms with E-state index in [2.05, 4.69) is 10.4 Å². The van der Waals surface area contributed by atoms with Gasteiger partial charge in [-0.25, -0.2) is 0 Å². The van der Waals surface area contributed by atoms with Crippen LogP contribution in [0.5, 0.6) is 0 Å². The maximum absolute atomic E-state index is 12.0. The lowest BCUT2D eigenvalue weighted by molar-refractivity contribution is -0.124. The second kappa shape index (κ2) is 6.42. The monoisotopic (exact) mass is 252 g/mol. The molecule has 0 aliphatic heterocycles. The van der Waals surface area contributed by atoms with Gasteiger partial charge in [0.1, 0.15) is 6.04 Å². The van der Waals surface area contributed by atoms with Crippen molar-refractivity contribution in [3.63, 3.8) is 0 Å². The van der Waals surface area contributed by atoms with E-state index in [1.165, 1.54) is 0 Å². The summed E-state index contributed by atoms with van der Waals surface area (Å²) in [4.78, 5) is 12.0. The number of nitrogen functional groups attached to an aromatic ring is 1. The van der Waals surface area contributed by atoms with Crippen LogP contribution in [0.3, 0.4) is 0 Å². The van der Waals surface area contributed by atoms with E-state index in [-0.39, 0.29) is 11.9 Å². The zero-order valence-corrected chi connectivity index (χ0v) is 11.8. The van der Waals surface area contributed by atoms with Gasteiger partial charge in [0.2, 0.25) is 5.91 Å². The lowest BCUT2D eigenvalue weighted by Gasteiger charge is -2.15. The van der Waals surface area contributed by atoms with Gasteiger partial charge in [-0.2, -0.15) is 5.10 Å². The Morgan fingerprint density at radius 2 is 2.06 bits per heavy atom. The number of rotatable bonds is 6. The first-order chi connectivity index (χ1) is 8.56. The normalized spacial score (nSPS) is 12.4. The maximum atomic E-state index is 12.0. The van der Waals surface area contributed by atoms with Gasteiger partial charge in [0, 0.05) is 6.54 Å². The second-order valence-electron chi connectivity index (χ2n) is 4.43. The molecular formula is C13H24N4O. The highest BCUT2D eigenvalue weighted by Crippen LogP contribution is 2.22. The smallest absolute Gasteiger partial charge is 0.244 e. The standard InChI is InChI=1S/C13H24N4O/c1-5-8-15-13(18)9(4)17-11(7-3)12(14)10(6-2)16-17/h9H,5-8,14H2,1-4H3,(H,15,18). The summed E-state index contributed by atoms with van der Waals surface area (Å²) in [5, 5.41) is 7.35. The molecule has 1 unspecified atom stereocenters. The molecule has 18 heavy (non-hydrogen) atoms. The van der Waals surface area contributed by atoms with Crippen molar-refractivity contribution in [1.29, 1.82) is 0 Å². The molecule has 1 aromatic rings. The predicted molar refractivity (Wildman–Crippen MR) is 73.4 cm³/mol. The molecule has 1 rings (SSSR count). The molecule has 3 N–H and O–H groups in total. The van der Waals surface area contributed by atoms with Crippen molar-refractivity contribution in [3.05, 3.63) is 11.4 Å². The molecule has 0 radical (unpaired) electrons. The first kappa shape index (κ1) is 14.5. The number of aromatic nitrogens is 2. The van der Waals surface area contributed by atoms with Gasteiger partial charge in [-0.05, 0) is 26.2 Å². The van der Waals surface area contributed by atoms with E-state index in [4.69, 9.17) is 5.73 Å². The van der Waals surface area contributed by atoms with E-state index in [1.54, 1.807) is 4.68 Å². The molecule has 0 fully saturated rings. The van der Waals surface area contributed by atoms with E-state index < -0.39 is 0 Å². The van der Waals surface area contributed by atoms with Gasteiger partial charge < -0.3 is 11.1 Å². The highest BCUT2D eigenvalue weighted by Gasteiger charge is 2.21. The van der Waals surface area contributed by atoms with Gasteiger partial charge in [-0.15, -0.1) is 0 Å². The van der Waals surface area contributed by atoms with Crippen LogP contribution in [0.4, 0.5) is 5.69 Å². The lowest BCUT2D eigenvalue weighted by atomic mass is 10.2. The molecule has 0 saturated heterocycles. The summed E-state index contributed by atoms with van der Waals surface area (Å²) in [5.41, 5.74) is 8.61. The van der Waals surface area contributed by atoms with E-state index in [1.807, 2.05) is 27.7 Å². The summed E-state index contributed by atoms with van der Waals surface area (Å²) in [6.45, 7) is 8.63. The van der Waals surface area contributed by atoms with E-state index >= 15 is 0 Å². The number of carbonyl (C=O) groups is 1. The molecule has 0 aliphatic rings. The highest BCUT2D eigenvalue weighted by atomic mass is 16.2. The van der Waals surface area contributed by atoms with E-state index in [0.29, 0.717) is 6.54 Å². The van der Waals surface area contributed by atoms with Crippen LogP contribution in [0, 0.1) is 0 Å². The third-order valence-corrected chi connectivity index (χ3v) is 3.09. The maximum Gasteiger partial charge on any atom is 0.244 e. The fourth-order valence-corrected chi connectivity index (χ4v) is 1.98. The Morgan fingerprint density at radius 3 is 2.56 bits per heavy atom. The van der Waals surface area contributed by atoms with Gasteiger partial charge in [-0.1, -0.05) is 20.8 Å². The number of nitrogens with zero attached hydrogens (tertiary/aromatic N) is 2. The van der Waals surface area contributed by atoms with Crippen molar-refractivity contribution in [2.24, 2.45) is 0 Å². The number of aryl methyl sites for hydroxylation is 1. The van der Waals surface area contributed by atoms with Crippen molar-refractivity contribution < 1.29 is 4.79 Å². The topological polar surface area (TPSA) is 72.9 Å². The Kier molecular flexibility index (Phi) is 5.19. The summed E-state index contributed by atoms with van der Waals surface area (Å²) < 4.78 is 1.76. The molecule has 102 valence electrons. The number of carbonyl (C=O) groups excluding carboxylic acids is 1. The van der Waals surface area contributed by atoms with E-state index in [0.717, 1.165) is 36.3 Å². The zero-order chi connectivity index (χ0) is 13.7. The molecule has 0 spiro atoms. The molecule has 0 aliphatic carbocycles. The van der Waals surface area contributed by atoms with Gasteiger partial charge in [-0.3, -0.25) is 9.48 Å². The van der Waals surface area contributed by atoms with Crippen LogP contribution >= 0.6 is 0 Å². The molecular weight excluding hydrogens is 228 g/mol. The van der Waals surface area contributed by atoms with Crippen LogP contribution in [0.1, 0.15) is 51.5 Å². The molecule has 5 heteroatoms. The Hall–Kier alpha value is -1.52. The Morgan fingerprint density at radius 1 is 1.39 bits per heavy atom. The molecule has 1 heterocycles. The number of hydrogen-bond acceptors (Lipinski definition) is 3. The molecule has 1 atom stereocenters. The van der Waals surface area contributed by atoms with E-state index in [9.17, 15) is 4.79 Å². The van der Waals surface area contributed by atoms with Crippen molar-refractivity contribution >= 4 is 11.6 Å². The molecule has 1 amide bonds. The zero-order valence-electron chi connectivity index (χ0n) is 11.8. The van der Waals surface area contributed by atoms with Crippen LogP contribution in [0.2, 0.25) is 0 Å². The summed E-state index contributed by atoms with van der Waals surface area (Å²) in [5.74, 6) is -0.00305. The molecule has 0 aromatic carbocycles. The van der Waals surface area contributed by atoms with Crippen molar-refractivity contribution in [2.45, 2.75) is 53.0 Å². The SMILES string of the molecule is CCCNC(=O)C(C)n1nc(CC)c(N)c1CC. The van der Waals surface area contributed by atoms with Gasteiger partial charge in [0.05, 0.1) is 17.1 Å². The molecule has 0 saturated carbocycles. The molecule has 0 bridgehead atoms. The third-order valence-electron chi connectivity index (χ3n) is 3.09. The molecule has 5 nitrogen and oxygen atoms in total. The average molecular weight is 252 g/mol. The fraction of sp³-hybridized carbons (Fsp3) is 0.692. The fourth-order valence-electron chi connectivity index (χ4n) is 1.98. The van der Waals surface area contributed by atoms with Crippen molar-refractivity contribution in [1.82, 2.24) is 15.1 Å². The van der Waals surface area contributed by atoms with Crippen molar-refractivity contribution in [2.75, 3.05) is 12.3 Å². The van der Waals surface area contributed by atoms with Gasteiger partial charge in [0.15, 0.2) is 0 Å². The number of hydrogen-bond donors (Lipinski definition) is 2. The van der Waals surface area contributed by atoms with Crippen LogP contribution in [0.15, 0.2) is 0 Å². The summed E-state index contributed by atoms with van der Waals surface area (Å²) >= 11 is 0. The summed E-state index contributed by atoms with van der Waals surface area (Å²) in [7, 11) is 0. The van der Waals surface area contributed by atoms with Gasteiger partial charge in [0.25, 0.3) is 0 Å². The van der Waals surface area contributed by atoms with Gasteiger partial charge >= 0.3 is 0 Å². The Bertz CT molecular complexity index is 411.